The largest absolute Gasteiger partial charge is 0.476 e. The lowest BCUT2D eigenvalue weighted by molar-refractivity contribution is 0.0690. The first-order valence-electron chi connectivity index (χ1n) is 6.31. The molecule has 0 bridgehead atoms. The Hall–Kier alpha value is -2.40. The van der Waals surface area contributed by atoms with Crippen molar-refractivity contribution in [2.75, 3.05) is 6.54 Å². The van der Waals surface area contributed by atoms with Crippen LogP contribution in [0.2, 0.25) is 0 Å². The molecule has 0 saturated carbocycles. The van der Waals surface area contributed by atoms with Crippen molar-refractivity contribution in [1.29, 1.82) is 0 Å². The lowest BCUT2D eigenvalue weighted by Crippen LogP contribution is -2.27. The van der Waals surface area contributed by atoms with E-state index in [2.05, 4.69) is 15.0 Å². The summed E-state index contributed by atoms with van der Waals surface area (Å²) in [5, 5.41) is 15.6. The molecule has 0 spiro atoms. The summed E-state index contributed by atoms with van der Waals surface area (Å²) >= 11 is 0. The second-order valence-corrected chi connectivity index (χ2v) is 6.21. The molecule has 1 heterocycles. The molecule has 0 aliphatic rings. The number of carboxylic acid groups (broad SMARTS) is 1. The predicted molar refractivity (Wildman–Crippen MR) is 73.6 cm³/mol. The van der Waals surface area contributed by atoms with E-state index in [0.717, 1.165) is 23.0 Å². The molecule has 2 rings (SSSR count). The molecule has 8 nitrogen and oxygen atoms in total. The number of nitrogens with zero attached hydrogens (tertiary/aromatic N) is 3. The van der Waals surface area contributed by atoms with Crippen molar-refractivity contribution in [3.63, 3.8) is 0 Å². The summed E-state index contributed by atoms with van der Waals surface area (Å²) < 4.78 is 52.6. The number of carbonyl (C=O) groups is 1. The Balaban J connectivity index is 2.01. The summed E-state index contributed by atoms with van der Waals surface area (Å²) in [5.41, 5.74) is -0.659. The maximum absolute atomic E-state index is 12.6. The molecule has 23 heavy (non-hydrogen) atoms. The molecule has 2 aromatic rings. The highest BCUT2D eigenvalue weighted by Crippen LogP contribution is 2.21. The molecule has 11 heteroatoms. The first-order chi connectivity index (χ1) is 10.8. The zero-order chi connectivity index (χ0) is 17.0. The van der Waals surface area contributed by atoms with E-state index in [-0.39, 0.29) is 23.7 Å². The highest BCUT2D eigenvalue weighted by atomic mass is 32.2. The number of carboxylic acids is 1. The fraction of sp³-hybridized carbons (Fsp3) is 0.250. The second kappa shape index (κ2) is 6.79. The lowest BCUT2D eigenvalue weighted by atomic mass is 10.2. The molecule has 2 N–H and O–H groups in total. The maximum atomic E-state index is 12.6. The van der Waals surface area contributed by atoms with Crippen LogP contribution in [0.1, 0.15) is 22.5 Å². The predicted octanol–water partition coefficient (Wildman–Crippen LogP) is 0.892. The van der Waals surface area contributed by atoms with Gasteiger partial charge in [0, 0.05) is 12.1 Å². The molecule has 1 aromatic heterocycles. The topological polar surface area (TPSA) is 114 Å². The Labute approximate surface area is 129 Å². The summed E-state index contributed by atoms with van der Waals surface area (Å²) in [4.78, 5) is 10.4. The van der Waals surface area contributed by atoms with Gasteiger partial charge in [0.2, 0.25) is 10.0 Å². The van der Waals surface area contributed by atoms with Crippen LogP contribution >= 0.6 is 0 Å². The Morgan fingerprint density at radius 3 is 2.74 bits per heavy atom. The first-order valence-corrected chi connectivity index (χ1v) is 7.79. The number of halogens is 2. The number of hydrogen-bond donors (Lipinski definition) is 2. The fourth-order valence-electron chi connectivity index (χ4n) is 1.70. The second-order valence-electron chi connectivity index (χ2n) is 4.44. The number of sulfonamides is 1. The SMILES string of the molecule is O=C(O)c1cn(CCNS(=O)(=O)c2cccc(C(F)F)c2)nn1. The Morgan fingerprint density at radius 2 is 2.13 bits per heavy atom. The zero-order valence-corrected chi connectivity index (χ0v) is 12.4. The van der Waals surface area contributed by atoms with Gasteiger partial charge in [0.25, 0.3) is 6.43 Å². The van der Waals surface area contributed by atoms with Crippen LogP contribution in [-0.4, -0.2) is 41.0 Å². The summed E-state index contributed by atoms with van der Waals surface area (Å²) in [7, 11) is -3.96. The van der Waals surface area contributed by atoms with Crippen LogP contribution in [0.15, 0.2) is 35.4 Å². The minimum absolute atomic E-state index is 0.0358. The van der Waals surface area contributed by atoms with Gasteiger partial charge in [-0.3, -0.25) is 4.68 Å². The van der Waals surface area contributed by atoms with Crippen LogP contribution in [0.4, 0.5) is 8.78 Å². The smallest absolute Gasteiger partial charge is 0.358 e. The van der Waals surface area contributed by atoms with Crippen LogP contribution in [-0.2, 0) is 16.6 Å². The highest BCUT2D eigenvalue weighted by molar-refractivity contribution is 7.89. The van der Waals surface area contributed by atoms with Crippen molar-refractivity contribution in [3.8, 4) is 0 Å². The third kappa shape index (κ3) is 4.29. The van der Waals surface area contributed by atoms with Crippen molar-refractivity contribution < 1.29 is 27.1 Å². The molecule has 0 aliphatic heterocycles. The molecule has 0 saturated heterocycles. The van der Waals surface area contributed by atoms with Gasteiger partial charge < -0.3 is 5.11 Å². The fourth-order valence-corrected chi connectivity index (χ4v) is 2.78. The van der Waals surface area contributed by atoms with E-state index >= 15 is 0 Å². The molecule has 0 aliphatic carbocycles. The normalized spacial score (nSPS) is 11.8. The minimum atomic E-state index is -3.96. The van der Waals surface area contributed by atoms with Gasteiger partial charge in [0.1, 0.15) is 0 Å². The number of hydrogen-bond acceptors (Lipinski definition) is 5. The standard InChI is InChI=1S/C12H12F2N4O4S/c13-11(14)8-2-1-3-9(6-8)23(21,22)15-4-5-18-7-10(12(19)20)16-17-18/h1-3,6-7,11,15H,4-5H2,(H,19,20). The van der Waals surface area contributed by atoms with Gasteiger partial charge in [-0.2, -0.15) is 0 Å². The van der Waals surface area contributed by atoms with Gasteiger partial charge in [-0.05, 0) is 12.1 Å². The molecule has 0 fully saturated rings. The van der Waals surface area contributed by atoms with Crippen LogP contribution in [0, 0.1) is 0 Å². The van der Waals surface area contributed by atoms with Gasteiger partial charge in [-0.1, -0.05) is 17.3 Å². The van der Waals surface area contributed by atoms with Gasteiger partial charge in [0.15, 0.2) is 5.69 Å². The van der Waals surface area contributed by atoms with E-state index in [1.165, 1.54) is 12.1 Å². The lowest BCUT2D eigenvalue weighted by Gasteiger charge is -2.08. The molecule has 0 amide bonds. The van der Waals surface area contributed by atoms with Crippen LogP contribution < -0.4 is 4.72 Å². The van der Waals surface area contributed by atoms with E-state index < -0.39 is 28.0 Å². The van der Waals surface area contributed by atoms with E-state index in [1.54, 1.807) is 0 Å². The van der Waals surface area contributed by atoms with E-state index in [4.69, 9.17) is 5.11 Å². The van der Waals surface area contributed by atoms with Crippen molar-refractivity contribution in [2.45, 2.75) is 17.9 Å². The Bertz CT molecular complexity index is 807. The molecule has 0 atom stereocenters. The molecule has 0 unspecified atom stereocenters. The van der Waals surface area contributed by atoms with Crippen LogP contribution in [0.3, 0.4) is 0 Å². The van der Waals surface area contributed by atoms with E-state index in [1.807, 2.05) is 0 Å². The van der Waals surface area contributed by atoms with Gasteiger partial charge in [0.05, 0.1) is 17.6 Å². The number of aromatic carboxylic acids is 1. The molecule has 1 aromatic carbocycles. The van der Waals surface area contributed by atoms with E-state index in [9.17, 15) is 22.0 Å². The summed E-state index contributed by atoms with van der Waals surface area (Å²) in [5.74, 6) is -1.25. The molecular formula is C12H12F2N4O4S. The van der Waals surface area contributed by atoms with Crippen LogP contribution in [0.5, 0.6) is 0 Å². The zero-order valence-electron chi connectivity index (χ0n) is 11.6. The van der Waals surface area contributed by atoms with Gasteiger partial charge in [-0.25, -0.2) is 26.7 Å². The first kappa shape index (κ1) is 17.0. The maximum Gasteiger partial charge on any atom is 0.358 e. The number of aromatic nitrogens is 3. The van der Waals surface area contributed by atoms with Crippen molar-refractivity contribution in [1.82, 2.24) is 19.7 Å². The molecule has 0 radical (unpaired) electrons. The monoisotopic (exact) mass is 346 g/mol. The van der Waals surface area contributed by atoms with Crippen molar-refractivity contribution in [3.05, 3.63) is 41.7 Å². The van der Waals surface area contributed by atoms with Gasteiger partial charge in [-0.15, -0.1) is 5.10 Å². The average Bonchev–Trinajstić information content (AvgIpc) is 2.96. The highest BCUT2D eigenvalue weighted by Gasteiger charge is 2.16. The minimum Gasteiger partial charge on any atom is -0.476 e. The average molecular weight is 346 g/mol. The summed E-state index contributed by atoms with van der Waals surface area (Å²) in [6.45, 7) is -0.0717. The molecule has 124 valence electrons. The summed E-state index contributed by atoms with van der Waals surface area (Å²) in [6, 6.07) is 4.45. The van der Waals surface area contributed by atoms with Crippen LogP contribution in [0.25, 0.3) is 0 Å². The number of alkyl halides is 2. The third-order valence-corrected chi connectivity index (χ3v) is 4.27. The quantitative estimate of drug-likeness (QED) is 0.770. The number of benzene rings is 1. The number of rotatable bonds is 7. The Morgan fingerprint density at radius 1 is 1.39 bits per heavy atom. The van der Waals surface area contributed by atoms with Gasteiger partial charge >= 0.3 is 5.97 Å². The Kier molecular flexibility index (Phi) is 5.01. The third-order valence-electron chi connectivity index (χ3n) is 2.81. The van der Waals surface area contributed by atoms with Crippen molar-refractivity contribution >= 4 is 16.0 Å². The van der Waals surface area contributed by atoms with Crippen molar-refractivity contribution in [2.24, 2.45) is 0 Å². The molecular weight excluding hydrogens is 334 g/mol. The summed E-state index contributed by atoms with van der Waals surface area (Å²) in [6.07, 6.45) is -1.62. The number of nitrogens with one attached hydrogen (secondary N) is 1. The van der Waals surface area contributed by atoms with E-state index in [0.29, 0.717) is 0 Å².